The zero-order valence-corrected chi connectivity index (χ0v) is 13.9. The molecule has 128 valence electrons. The van der Waals surface area contributed by atoms with Crippen LogP contribution in [-0.4, -0.2) is 41.8 Å². The van der Waals surface area contributed by atoms with E-state index in [-0.39, 0.29) is 30.6 Å². The van der Waals surface area contributed by atoms with Crippen LogP contribution < -0.4 is 10.6 Å². The van der Waals surface area contributed by atoms with Crippen molar-refractivity contribution in [1.29, 1.82) is 0 Å². The minimum absolute atomic E-state index is 0.197. The Balaban J connectivity index is 1.74. The molecular formula is C18H23N3O3. The Morgan fingerprint density at radius 3 is 2.46 bits per heavy atom. The average Bonchev–Trinajstić information content (AvgIpc) is 2.94. The van der Waals surface area contributed by atoms with E-state index in [1.807, 2.05) is 24.3 Å². The molecule has 1 aromatic carbocycles. The van der Waals surface area contributed by atoms with Crippen molar-refractivity contribution >= 4 is 23.4 Å². The summed E-state index contributed by atoms with van der Waals surface area (Å²) in [5, 5.41) is 6.26. The Labute approximate surface area is 141 Å². The summed E-state index contributed by atoms with van der Waals surface area (Å²) in [6, 6.07) is 7.01. The van der Waals surface area contributed by atoms with Crippen LogP contribution in [0.3, 0.4) is 0 Å². The molecule has 0 spiro atoms. The SMILES string of the molecule is CC(C(=O)Nc1ccccc1C1CCNCC1)N1C(=O)CCC1=O. The van der Waals surface area contributed by atoms with Crippen LogP contribution in [0.5, 0.6) is 0 Å². The summed E-state index contributed by atoms with van der Waals surface area (Å²) in [7, 11) is 0. The predicted octanol–water partition coefficient (Wildman–Crippen LogP) is 1.63. The molecule has 1 aromatic rings. The maximum absolute atomic E-state index is 12.6. The molecule has 2 fully saturated rings. The van der Waals surface area contributed by atoms with Gasteiger partial charge in [-0.05, 0) is 50.4 Å². The summed E-state index contributed by atoms with van der Waals surface area (Å²) >= 11 is 0. The molecule has 2 aliphatic rings. The molecule has 1 unspecified atom stereocenters. The first-order valence-electron chi connectivity index (χ1n) is 8.53. The number of imide groups is 1. The molecule has 6 nitrogen and oxygen atoms in total. The van der Waals surface area contributed by atoms with Crippen molar-refractivity contribution in [2.75, 3.05) is 18.4 Å². The molecule has 2 aliphatic heterocycles. The molecule has 2 saturated heterocycles. The lowest BCUT2D eigenvalue weighted by Gasteiger charge is -2.26. The Morgan fingerprint density at radius 1 is 1.17 bits per heavy atom. The average molecular weight is 329 g/mol. The standard InChI is InChI=1S/C18H23N3O3/c1-12(21-16(22)6-7-17(21)23)18(24)20-15-5-3-2-4-14(15)13-8-10-19-11-9-13/h2-5,12-13,19H,6-11H2,1H3,(H,20,24). The number of piperidine rings is 1. The van der Waals surface area contributed by atoms with E-state index in [4.69, 9.17) is 0 Å². The van der Waals surface area contributed by atoms with Crippen molar-refractivity contribution < 1.29 is 14.4 Å². The summed E-state index contributed by atoms with van der Waals surface area (Å²) in [6.45, 7) is 3.55. The number of para-hydroxylation sites is 1. The van der Waals surface area contributed by atoms with Gasteiger partial charge in [-0.25, -0.2) is 0 Å². The summed E-state index contributed by atoms with van der Waals surface area (Å²) in [5.41, 5.74) is 1.90. The van der Waals surface area contributed by atoms with E-state index in [1.165, 1.54) is 0 Å². The Kier molecular flexibility index (Phi) is 4.94. The van der Waals surface area contributed by atoms with Gasteiger partial charge < -0.3 is 10.6 Å². The van der Waals surface area contributed by atoms with Crippen LogP contribution in [0.25, 0.3) is 0 Å². The fraction of sp³-hybridized carbons (Fsp3) is 0.500. The molecule has 2 N–H and O–H groups in total. The molecule has 0 radical (unpaired) electrons. The molecule has 6 heteroatoms. The van der Waals surface area contributed by atoms with E-state index in [0.717, 1.165) is 42.1 Å². The molecule has 0 aromatic heterocycles. The number of hydrogen-bond donors (Lipinski definition) is 2. The summed E-state index contributed by atoms with van der Waals surface area (Å²) < 4.78 is 0. The van der Waals surface area contributed by atoms with E-state index in [2.05, 4.69) is 10.6 Å². The number of carbonyl (C=O) groups excluding carboxylic acids is 3. The first-order chi connectivity index (χ1) is 11.6. The number of likely N-dealkylation sites (tertiary alicyclic amines) is 1. The van der Waals surface area contributed by atoms with Gasteiger partial charge in [0.2, 0.25) is 17.7 Å². The zero-order valence-electron chi connectivity index (χ0n) is 13.9. The Hall–Kier alpha value is -2.21. The quantitative estimate of drug-likeness (QED) is 0.823. The van der Waals surface area contributed by atoms with Crippen molar-refractivity contribution in [2.45, 2.75) is 44.6 Å². The number of anilines is 1. The van der Waals surface area contributed by atoms with Crippen molar-refractivity contribution in [3.8, 4) is 0 Å². The van der Waals surface area contributed by atoms with Gasteiger partial charge in [0.15, 0.2) is 0 Å². The minimum atomic E-state index is -0.784. The number of hydrogen-bond acceptors (Lipinski definition) is 4. The number of benzene rings is 1. The number of amides is 3. The summed E-state index contributed by atoms with van der Waals surface area (Å²) in [5.74, 6) is -0.448. The molecular weight excluding hydrogens is 306 g/mol. The normalized spacial score (nSPS) is 20.3. The van der Waals surface area contributed by atoms with Gasteiger partial charge in [0.1, 0.15) is 6.04 Å². The maximum atomic E-state index is 12.6. The second-order valence-corrected chi connectivity index (χ2v) is 6.43. The topological polar surface area (TPSA) is 78.5 Å². The number of rotatable bonds is 4. The molecule has 0 bridgehead atoms. The number of carbonyl (C=O) groups is 3. The van der Waals surface area contributed by atoms with Crippen LogP contribution in [0.4, 0.5) is 5.69 Å². The second kappa shape index (κ2) is 7.13. The monoisotopic (exact) mass is 329 g/mol. The fourth-order valence-electron chi connectivity index (χ4n) is 3.48. The van der Waals surface area contributed by atoms with E-state index < -0.39 is 6.04 Å². The van der Waals surface area contributed by atoms with Gasteiger partial charge in [0.25, 0.3) is 0 Å². The summed E-state index contributed by atoms with van der Waals surface area (Å²) in [6.07, 6.45) is 2.46. The van der Waals surface area contributed by atoms with Gasteiger partial charge in [-0.3, -0.25) is 19.3 Å². The van der Waals surface area contributed by atoms with E-state index >= 15 is 0 Å². The van der Waals surface area contributed by atoms with Crippen LogP contribution in [0.15, 0.2) is 24.3 Å². The van der Waals surface area contributed by atoms with E-state index in [1.54, 1.807) is 6.92 Å². The van der Waals surface area contributed by atoms with E-state index in [0.29, 0.717) is 5.92 Å². The van der Waals surface area contributed by atoms with Gasteiger partial charge in [-0.2, -0.15) is 0 Å². The molecule has 3 amide bonds. The predicted molar refractivity (Wildman–Crippen MR) is 90.5 cm³/mol. The third kappa shape index (κ3) is 3.33. The third-order valence-electron chi connectivity index (χ3n) is 4.85. The van der Waals surface area contributed by atoms with Crippen molar-refractivity contribution in [3.05, 3.63) is 29.8 Å². The van der Waals surface area contributed by atoms with Gasteiger partial charge in [-0.1, -0.05) is 18.2 Å². The third-order valence-corrected chi connectivity index (χ3v) is 4.85. The Morgan fingerprint density at radius 2 is 1.79 bits per heavy atom. The highest BCUT2D eigenvalue weighted by molar-refractivity contribution is 6.07. The van der Waals surface area contributed by atoms with Gasteiger partial charge in [0.05, 0.1) is 0 Å². The lowest BCUT2D eigenvalue weighted by molar-refractivity contribution is -0.144. The number of nitrogens with zero attached hydrogens (tertiary/aromatic N) is 1. The Bertz CT molecular complexity index is 637. The first kappa shape index (κ1) is 16.6. The van der Waals surface area contributed by atoms with E-state index in [9.17, 15) is 14.4 Å². The van der Waals surface area contributed by atoms with Crippen molar-refractivity contribution in [3.63, 3.8) is 0 Å². The lowest BCUT2D eigenvalue weighted by Crippen LogP contribution is -2.45. The van der Waals surface area contributed by atoms with Crippen LogP contribution >= 0.6 is 0 Å². The molecule has 1 atom stereocenters. The van der Waals surface area contributed by atoms with Crippen LogP contribution in [0.2, 0.25) is 0 Å². The molecule has 3 rings (SSSR count). The zero-order chi connectivity index (χ0) is 17.1. The van der Waals surface area contributed by atoms with Crippen molar-refractivity contribution in [1.82, 2.24) is 10.2 Å². The highest BCUT2D eigenvalue weighted by Gasteiger charge is 2.36. The minimum Gasteiger partial charge on any atom is -0.324 e. The highest BCUT2D eigenvalue weighted by atomic mass is 16.2. The lowest BCUT2D eigenvalue weighted by atomic mass is 9.89. The van der Waals surface area contributed by atoms with Gasteiger partial charge in [-0.15, -0.1) is 0 Å². The fourth-order valence-corrected chi connectivity index (χ4v) is 3.48. The molecule has 0 saturated carbocycles. The van der Waals surface area contributed by atoms with Gasteiger partial charge >= 0.3 is 0 Å². The molecule has 0 aliphatic carbocycles. The number of nitrogens with one attached hydrogen (secondary N) is 2. The first-order valence-corrected chi connectivity index (χ1v) is 8.53. The smallest absolute Gasteiger partial charge is 0.247 e. The highest BCUT2D eigenvalue weighted by Crippen LogP contribution is 2.31. The molecule has 2 heterocycles. The maximum Gasteiger partial charge on any atom is 0.247 e. The van der Waals surface area contributed by atoms with Crippen LogP contribution in [0.1, 0.15) is 44.1 Å². The second-order valence-electron chi connectivity index (χ2n) is 6.43. The largest absolute Gasteiger partial charge is 0.324 e. The van der Waals surface area contributed by atoms with Crippen LogP contribution in [0, 0.1) is 0 Å². The molecule has 24 heavy (non-hydrogen) atoms. The van der Waals surface area contributed by atoms with Crippen molar-refractivity contribution in [2.24, 2.45) is 0 Å². The summed E-state index contributed by atoms with van der Waals surface area (Å²) in [4.78, 5) is 37.3. The van der Waals surface area contributed by atoms with Crippen LogP contribution in [-0.2, 0) is 14.4 Å². The van der Waals surface area contributed by atoms with Gasteiger partial charge in [0, 0.05) is 18.5 Å².